The lowest BCUT2D eigenvalue weighted by Crippen LogP contribution is -2.23. The predicted octanol–water partition coefficient (Wildman–Crippen LogP) is 5.29. The van der Waals surface area contributed by atoms with Gasteiger partial charge in [-0.3, -0.25) is 9.89 Å². The summed E-state index contributed by atoms with van der Waals surface area (Å²) in [5, 5.41) is 5.81. The van der Waals surface area contributed by atoms with E-state index in [9.17, 15) is 4.79 Å². The molecule has 0 amide bonds. The maximum Gasteiger partial charge on any atom is 0.264 e. The summed E-state index contributed by atoms with van der Waals surface area (Å²) in [6.07, 6.45) is 14.0. The maximum atomic E-state index is 11.4. The molecule has 0 fully saturated rings. The summed E-state index contributed by atoms with van der Waals surface area (Å²) in [7, 11) is 0. The summed E-state index contributed by atoms with van der Waals surface area (Å²) in [5.41, 5.74) is 1.22. The molecule has 0 aliphatic rings. The van der Waals surface area contributed by atoms with Gasteiger partial charge in [-0.05, 0) is 12.8 Å². The SMILES string of the molecule is CCCCCCCC(C)(CCCCCC)c1cc(=O)[nH][nH]1. The van der Waals surface area contributed by atoms with E-state index in [0.29, 0.717) is 0 Å². The zero-order valence-electron chi connectivity index (χ0n) is 14.3. The molecule has 1 aromatic heterocycles. The topological polar surface area (TPSA) is 48.6 Å². The van der Waals surface area contributed by atoms with Gasteiger partial charge < -0.3 is 5.10 Å². The van der Waals surface area contributed by atoms with E-state index in [1.807, 2.05) is 0 Å². The van der Waals surface area contributed by atoms with Gasteiger partial charge in [0.2, 0.25) is 0 Å². The van der Waals surface area contributed by atoms with Gasteiger partial charge in [-0.15, -0.1) is 0 Å². The number of hydrogen-bond acceptors (Lipinski definition) is 1. The highest BCUT2D eigenvalue weighted by Crippen LogP contribution is 2.33. The van der Waals surface area contributed by atoms with Crippen LogP contribution < -0.4 is 5.56 Å². The molecular formula is C18H34N2O. The number of H-pyrrole nitrogens is 2. The van der Waals surface area contributed by atoms with Crippen LogP contribution in [0, 0.1) is 0 Å². The highest BCUT2D eigenvalue weighted by Gasteiger charge is 2.27. The Balaban J connectivity index is 2.54. The molecule has 0 aliphatic heterocycles. The lowest BCUT2D eigenvalue weighted by Gasteiger charge is -2.28. The van der Waals surface area contributed by atoms with Crippen LogP contribution in [0.4, 0.5) is 0 Å². The molecule has 0 aliphatic carbocycles. The van der Waals surface area contributed by atoms with Crippen molar-refractivity contribution in [1.29, 1.82) is 0 Å². The van der Waals surface area contributed by atoms with Crippen LogP contribution in [0.1, 0.15) is 97.1 Å². The molecule has 0 saturated carbocycles. The number of aromatic amines is 2. The summed E-state index contributed by atoms with van der Waals surface area (Å²) in [5.74, 6) is 0. The Morgan fingerprint density at radius 3 is 1.86 bits per heavy atom. The summed E-state index contributed by atoms with van der Waals surface area (Å²) in [6, 6.07) is 1.76. The fourth-order valence-electron chi connectivity index (χ4n) is 3.11. The van der Waals surface area contributed by atoms with Crippen molar-refractivity contribution in [3.8, 4) is 0 Å². The number of nitrogens with one attached hydrogen (secondary N) is 2. The minimum Gasteiger partial charge on any atom is -0.302 e. The van der Waals surface area contributed by atoms with Crippen molar-refractivity contribution < 1.29 is 0 Å². The monoisotopic (exact) mass is 294 g/mol. The van der Waals surface area contributed by atoms with E-state index in [0.717, 1.165) is 5.69 Å². The van der Waals surface area contributed by atoms with E-state index in [1.54, 1.807) is 6.07 Å². The molecule has 0 radical (unpaired) electrons. The molecular weight excluding hydrogens is 260 g/mol. The van der Waals surface area contributed by atoms with Crippen LogP contribution in [-0.2, 0) is 5.41 Å². The molecule has 21 heavy (non-hydrogen) atoms. The van der Waals surface area contributed by atoms with Crippen LogP contribution in [0.15, 0.2) is 10.9 Å². The molecule has 3 heteroatoms. The maximum absolute atomic E-state index is 11.4. The molecule has 1 unspecified atom stereocenters. The normalized spacial score (nSPS) is 14.2. The van der Waals surface area contributed by atoms with Crippen LogP contribution in [0.3, 0.4) is 0 Å². The van der Waals surface area contributed by atoms with Gasteiger partial charge in [-0.1, -0.05) is 78.6 Å². The van der Waals surface area contributed by atoms with Gasteiger partial charge in [0.05, 0.1) is 0 Å². The van der Waals surface area contributed by atoms with Gasteiger partial charge in [0.15, 0.2) is 0 Å². The molecule has 1 aromatic rings. The van der Waals surface area contributed by atoms with Crippen LogP contribution in [0.2, 0.25) is 0 Å². The van der Waals surface area contributed by atoms with Crippen molar-refractivity contribution in [2.45, 2.75) is 96.8 Å². The average molecular weight is 294 g/mol. The second kappa shape index (κ2) is 9.86. The number of unbranched alkanes of at least 4 members (excludes halogenated alkanes) is 7. The molecule has 0 saturated heterocycles. The molecule has 2 N–H and O–H groups in total. The van der Waals surface area contributed by atoms with Crippen molar-refractivity contribution >= 4 is 0 Å². The summed E-state index contributed by atoms with van der Waals surface area (Å²) >= 11 is 0. The quantitative estimate of drug-likeness (QED) is 0.505. The molecule has 122 valence electrons. The molecule has 0 spiro atoms. The number of rotatable bonds is 12. The summed E-state index contributed by atoms with van der Waals surface area (Å²) in [6.45, 7) is 6.82. The van der Waals surface area contributed by atoms with Crippen LogP contribution >= 0.6 is 0 Å². The zero-order valence-corrected chi connectivity index (χ0v) is 14.3. The Labute approximate surface area is 129 Å². The standard InChI is InChI=1S/C18H34N2O/c1-4-6-8-10-12-14-18(3,13-11-9-7-5-2)16-15-17(21)20-19-16/h15H,4-14H2,1-3H3,(H2,19,20,21). The Morgan fingerprint density at radius 2 is 1.38 bits per heavy atom. The van der Waals surface area contributed by atoms with E-state index in [1.165, 1.54) is 70.6 Å². The number of hydrogen-bond donors (Lipinski definition) is 2. The lowest BCUT2D eigenvalue weighted by atomic mass is 9.77. The molecule has 0 aromatic carbocycles. The van der Waals surface area contributed by atoms with Crippen molar-refractivity contribution in [3.05, 3.63) is 22.1 Å². The van der Waals surface area contributed by atoms with Crippen molar-refractivity contribution in [1.82, 2.24) is 10.2 Å². The van der Waals surface area contributed by atoms with E-state index >= 15 is 0 Å². The smallest absolute Gasteiger partial charge is 0.264 e. The largest absolute Gasteiger partial charge is 0.302 e. The van der Waals surface area contributed by atoms with Gasteiger partial charge in [0, 0.05) is 17.2 Å². The minimum atomic E-state index is -0.00392. The first-order valence-corrected chi connectivity index (χ1v) is 8.90. The average Bonchev–Trinajstić information content (AvgIpc) is 2.91. The highest BCUT2D eigenvalue weighted by molar-refractivity contribution is 5.13. The van der Waals surface area contributed by atoms with Gasteiger partial charge in [0.1, 0.15) is 0 Å². The zero-order chi connectivity index (χ0) is 15.6. The second-order valence-electron chi connectivity index (χ2n) is 6.71. The minimum absolute atomic E-state index is 0.00392. The van der Waals surface area contributed by atoms with Gasteiger partial charge in [-0.2, -0.15) is 0 Å². The Morgan fingerprint density at radius 1 is 0.857 bits per heavy atom. The lowest BCUT2D eigenvalue weighted by molar-refractivity contribution is 0.354. The predicted molar refractivity (Wildman–Crippen MR) is 90.9 cm³/mol. The number of aromatic nitrogens is 2. The Kier molecular flexibility index (Phi) is 8.48. The van der Waals surface area contributed by atoms with Crippen LogP contribution in [-0.4, -0.2) is 10.2 Å². The summed E-state index contributed by atoms with van der Waals surface area (Å²) < 4.78 is 0. The molecule has 1 atom stereocenters. The van der Waals surface area contributed by atoms with Gasteiger partial charge >= 0.3 is 0 Å². The molecule has 3 nitrogen and oxygen atoms in total. The van der Waals surface area contributed by atoms with Gasteiger partial charge in [0.25, 0.3) is 5.56 Å². The van der Waals surface area contributed by atoms with E-state index in [2.05, 4.69) is 31.0 Å². The third kappa shape index (κ3) is 6.54. The van der Waals surface area contributed by atoms with Crippen LogP contribution in [0.5, 0.6) is 0 Å². The first kappa shape index (κ1) is 18.1. The highest BCUT2D eigenvalue weighted by atomic mass is 16.1. The van der Waals surface area contributed by atoms with E-state index in [4.69, 9.17) is 0 Å². The Bertz CT molecular complexity index is 421. The molecule has 0 bridgehead atoms. The fourth-order valence-corrected chi connectivity index (χ4v) is 3.11. The van der Waals surface area contributed by atoms with Crippen molar-refractivity contribution in [3.63, 3.8) is 0 Å². The summed E-state index contributed by atoms with van der Waals surface area (Å²) in [4.78, 5) is 11.4. The first-order chi connectivity index (χ1) is 10.1. The fraction of sp³-hybridized carbons (Fsp3) is 0.833. The molecule has 1 heterocycles. The second-order valence-corrected chi connectivity index (χ2v) is 6.71. The van der Waals surface area contributed by atoms with E-state index < -0.39 is 0 Å². The Hall–Kier alpha value is -0.990. The third-order valence-corrected chi connectivity index (χ3v) is 4.66. The third-order valence-electron chi connectivity index (χ3n) is 4.66. The van der Waals surface area contributed by atoms with E-state index in [-0.39, 0.29) is 11.0 Å². The van der Waals surface area contributed by atoms with Gasteiger partial charge in [-0.25, -0.2) is 0 Å². The molecule has 1 rings (SSSR count). The first-order valence-electron chi connectivity index (χ1n) is 8.90. The van der Waals surface area contributed by atoms with Crippen molar-refractivity contribution in [2.24, 2.45) is 0 Å². The van der Waals surface area contributed by atoms with Crippen molar-refractivity contribution in [2.75, 3.05) is 0 Å². The van der Waals surface area contributed by atoms with Crippen LogP contribution in [0.25, 0.3) is 0 Å².